The molecule has 1 amide bonds. The molecular weight excluding hydrogens is 276 g/mol. The van der Waals surface area contributed by atoms with E-state index < -0.39 is 0 Å². The molecule has 0 saturated heterocycles. The van der Waals surface area contributed by atoms with Crippen molar-refractivity contribution < 1.29 is 14.3 Å². The molecule has 0 spiro atoms. The van der Waals surface area contributed by atoms with Gasteiger partial charge in [-0.05, 0) is 31.4 Å². The first-order valence-electron chi connectivity index (χ1n) is 6.34. The number of hydrogen-bond donors (Lipinski definition) is 2. The van der Waals surface area contributed by atoms with E-state index in [1.54, 1.807) is 23.9 Å². The van der Waals surface area contributed by atoms with Gasteiger partial charge in [0.1, 0.15) is 0 Å². The zero-order valence-corrected chi connectivity index (χ0v) is 13.2. The lowest BCUT2D eigenvalue weighted by Crippen LogP contribution is -2.33. The third-order valence-electron chi connectivity index (χ3n) is 2.93. The zero-order valence-electron chi connectivity index (χ0n) is 12.4. The smallest absolute Gasteiger partial charge is 0.253 e. The van der Waals surface area contributed by atoms with E-state index in [-0.39, 0.29) is 11.9 Å². The van der Waals surface area contributed by atoms with Crippen LogP contribution in [0.3, 0.4) is 0 Å². The Bertz CT molecular complexity index is 466. The van der Waals surface area contributed by atoms with Gasteiger partial charge in [0.05, 0.1) is 19.8 Å². The number of anilines is 1. The second-order valence-electron chi connectivity index (χ2n) is 4.45. The fourth-order valence-corrected chi connectivity index (χ4v) is 2.35. The lowest BCUT2D eigenvalue weighted by atomic mass is 10.1. The summed E-state index contributed by atoms with van der Waals surface area (Å²) in [5.41, 5.74) is 6.67. The van der Waals surface area contributed by atoms with Crippen LogP contribution in [0.4, 0.5) is 5.69 Å². The van der Waals surface area contributed by atoms with E-state index in [9.17, 15) is 4.79 Å². The number of hydrogen-bond acceptors (Lipinski definition) is 5. The number of nitrogens with one attached hydrogen (secondary N) is 1. The number of rotatable bonds is 7. The highest BCUT2D eigenvalue weighted by Gasteiger charge is 2.16. The van der Waals surface area contributed by atoms with Gasteiger partial charge in [-0.3, -0.25) is 4.79 Å². The highest BCUT2D eigenvalue weighted by molar-refractivity contribution is 7.98. The van der Waals surface area contributed by atoms with E-state index in [2.05, 4.69) is 5.32 Å². The van der Waals surface area contributed by atoms with Gasteiger partial charge in [0, 0.05) is 17.8 Å². The van der Waals surface area contributed by atoms with Crippen LogP contribution in [0.5, 0.6) is 11.5 Å². The van der Waals surface area contributed by atoms with Gasteiger partial charge in [0.15, 0.2) is 11.5 Å². The van der Waals surface area contributed by atoms with Crippen molar-refractivity contribution in [3.05, 3.63) is 17.7 Å². The van der Waals surface area contributed by atoms with Crippen molar-refractivity contribution >= 4 is 23.4 Å². The first-order chi connectivity index (χ1) is 9.53. The van der Waals surface area contributed by atoms with Crippen molar-refractivity contribution in [1.29, 1.82) is 0 Å². The molecule has 0 aromatic heterocycles. The van der Waals surface area contributed by atoms with Gasteiger partial charge in [-0.25, -0.2) is 0 Å². The van der Waals surface area contributed by atoms with E-state index in [0.29, 0.717) is 22.7 Å². The lowest BCUT2D eigenvalue weighted by Gasteiger charge is -2.16. The summed E-state index contributed by atoms with van der Waals surface area (Å²) in [6, 6.07) is 3.30. The van der Waals surface area contributed by atoms with E-state index in [0.717, 1.165) is 12.2 Å². The molecule has 6 heteroatoms. The largest absolute Gasteiger partial charge is 0.493 e. The van der Waals surface area contributed by atoms with Crippen molar-refractivity contribution in [2.45, 2.75) is 19.4 Å². The number of ether oxygens (including phenoxy) is 2. The minimum Gasteiger partial charge on any atom is -0.493 e. The Kier molecular flexibility index (Phi) is 6.51. The summed E-state index contributed by atoms with van der Waals surface area (Å²) < 4.78 is 10.3. The average Bonchev–Trinajstić information content (AvgIpc) is 2.44. The predicted molar refractivity (Wildman–Crippen MR) is 83.9 cm³/mol. The second-order valence-corrected chi connectivity index (χ2v) is 5.44. The molecule has 0 aliphatic rings. The van der Waals surface area contributed by atoms with Crippen LogP contribution < -0.4 is 20.5 Å². The van der Waals surface area contributed by atoms with Crippen molar-refractivity contribution in [1.82, 2.24) is 5.32 Å². The Balaban J connectivity index is 2.87. The maximum atomic E-state index is 12.2. The lowest BCUT2D eigenvalue weighted by molar-refractivity contribution is 0.0940. The number of amides is 1. The van der Waals surface area contributed by atoms with Gasteiger partial charge >= 0.3 is 0 Å². The molecule has 1 aromatic carbocycles. The summed E-state index contributed by atoms with van der Waals surface area (Å²) in [6.07, 6.45) is 2.96. The van der Waals surface area contributed by atoms with Crippen LogP contribution in [0.1, 0.15) is 23.7 Å². The zero-order chi connectivity index (χ0) is 15.1. The number of methoxy groups -OCH3 is 2. The SMILES string of the molecule is COc1cc(N)c(C(=O)NC(C)CCSC)cc1OC. The maximum absolute atomic E-state index is 12.2. The van der Waals surface area contributed by atoms with Crippen LogP contribution in [-0.2, 0) is 0 Å². The standard InChI is InChI=1S/C14H22N2O3S/c1-9(5-6-20-4)16-14(17)10-7-12(18-2)13(19-3)8-11(10)15/h7-9H,5-6,15H2,1-4H3,(H,16,17). The van der Waals surface area contributed by atoms with E-state index >= 15 is 0 Å². The second kappa shape index (κ2) is 7.89. The van der Waals surface area contributed by atoms with E-state index in [1.165, 1.54) is 14.2 Å². The molecular formula is C14H22N2O3S. The minimum absolute atomic E-state index is 0.0995. The molecule has 1 aromatic rings. The summed E-state index contributed by atoms with van der Waals surface area (Å²) in [6.45, 7) is 1.98. The Labute approximate surface area is 124 Å². The van der Waals surface area contributed by atoms with Gasteiger partial charge in [0.2, 0.25) is 0 Å². The molecule has 0 aliphatic carbocycles. The van der Waals surface area contributed by atoms with Crippen LogP contribution in [0.15, 0.2) is 12.1 Å². The highest BCUT2D eigenvalue weighted by Crippen LogP contribution is 2.31. The Hall–Kier alpha value is -1.56. The molecule has 112 valence electrons. The fourth-order valence-electron chi connectivity index (χ4n) is 1.76. The molecule has 20 heavy (non-hydrogen) atoms. The molecule has 1 unspecified atom stereocenters. The summed E-state index contributed by atoms with van der Waals surface area (Å²) in [5, 5.41) is 2.93. The number of nitrogens with two attached hydrogens (primary N) is 1. The van der Waals surface area contributed by atoms with Crippen LogP contribution in [0, 0.1) is 0 Å². The molecule has 0 radical (unpaired) electrons. The third kappa shape index (κ3) is 4.23. The van der Waals surface area contributed by atoms with Crippen LogP contribution >= 0.6 is 11.8 Å². The summed E-state index contributed by atoms with van der Waals surface area (Å²) >= 11 is 1.75. The van der Waals surface area contributed by atoms with Crippen molar-refractivity contribution in [2.24, 2.45) is 0 Å². The normalized spacial score (nSPS) is 11.8. The predicted octanol–water partition coefficient (Wildman–Crippen LogP) is 2.16. The number of carbonyl (C=O) groups excluding carboxylic acids is 1. The van der Waals surface area contributed by atoms with Gasteiger partial charge in [-0.15, -0.1) is 0 Å². The van der Waals surface area contributed by atoms with Gasteiger partial charge in [-0.1, -0.05) is 0 Å². The van der Waals surface area contributed by atoms with Crippen LogP contribution in [0.2, 0.25) is 0 Å². The van der Waals surface area contributed by atoms with Crippen molar-refractivity contribution in [3.8, 4) is 11.5 Å². The summed E-state index contributed by atoms with van der Waals surface area (Å²) in [5.74, 6) is 1.81. The monoisotopic (exact) mass is 298 g/mol. The Morgan fingerprint density at radius 3 is 2.50 bits per heavy atom. The number of benzene rings is 1. The quantitative estimate of drug-likeness (QED) is 0.755. The number of carbonyl (C=O) groups is 1. The first-order valence-corrected chi connectivity index (χ1v) is 7.74. The molecule has 0 saturated carbocycles. The van der Waals surface area contributed by atoms with Crippen molar-refractivity contribution in [3.63, 3.8) is 0 Å². The molecule has 5 nitrogen and oxygen atoms in total. The van der Waals surface area contributed by atoms with E-state index in [1.807, 2.05) is 13.2 Å². The maximum Gasteiger partial charge on any atom is 0.253 e. The Morgan fingerprint density at radius 1 is 1.35 bits per heavy atom. The van der Waals surface area contributed by atoms with Gasteiger partial charge in [-0.2, -0.15) is 11.8 Å². The summed E-state index contributed by atoms with van der Waals surface area (Å²) in [7, 11) is 3.05. The van der Waals surface area contributed by atoms with Crippen molar-refractivity contribution in [2.75, 3.05) is 32.0 Å². The summed E-state index contributed by atoms with van der Waals surface area (Å²) in [4.78, 5) is 12.2. The number of nitrogen functional groups attached to an aromatic ring is 1. The number of thioether (sulfide) groups is 1. The molecule has 1 atom stereocenters. The van der Waals surface area contributed by atoms with Crippen LogP contribution in [0.25, 0.3) is 0 Å². The molecule has 0 aliphatic heterocycles. The van der Waals surface area contributed by atoms with E-state index in [4.69, 9.17) is 15.2 Å². The molecule has 0 heterocycles. The average molecular weight is 298 g/mol. The molecule has 3 N–H and O–H groups in total. The fraction of sp³-hybridized carbons (Fsp3) is 0.500. The van der Waals surface area contributed by atoms with Crippen LogP contribution in [-0.4, -0.2) is 38.2 Å². The molecule has 0 fully saturated rings. The molecule has 1 rings (SSSR count). The third-order valence-corrected chi connectivity index (χ3v) is 3.58. The first kappa shape index (κ1) is 16.5. The molecule has 0 bridgehead atoms. The Morgan fingerprint density at radius 2 is 1.95 bits per heavy atom. The highest BCUT2D eigenvalue weighted by atomic mass is 32.2. The minimum atomic E-state index is -0.197. The van der Waals surface area contributed by atoms with Gasteiger partial charge in [0.25, 0.3) is 5.91 Å². The van der Waals surface area contributed by atoms with Gasteiger partial charge < -0.3 is 20.5 Å². The topological polar surface area (TPSA) is 73.6 Å².